The summed E-state index contributed by atoms with van der Waals surface area (Å²) in [5.41, 5.74) is 4.01. The van der Waals surface area contributed by atoms with Gasteiger partial charge >= 0.3 is 0 Å². The number of benzene rings is 2. The van der Waals surface area contributed by atoms with Crippen molar-refractivity contribution < 1.29 is 18.9 Å². The van der Waals surface area contributed by atoms with E-state index in [0.29, 0.717) is 35.6 Å². The van der Waals surface area contributed by atoms with Crippen LogP contribution in [-0.2, 0) is 4.79 Å². The second-order valence-electron chi connectivity index (χ2n) is 9.47. The number of likely N-dealkylation sites (tertiary alicyclic amines) is 1. The lowest BCUT2D eigenvalue weighted by molar-refractivity contribution is -0.384. The molecule has 1 aliphatic heterocycles. The van der Waals surface area contributed by atoms with Crippen LogP contribution in [-0.4, -0.2) is 53.5 Å². The number of non-ortho nitro benzene ring substituents is 1. The van der Waals surface area contributed by atoms with E-state index in [0.717, 1.165) is 38.8 Å². The van der Waals surface area contributed by atoms with Crippen LogP contribution in [0.5, 0.6) is 0 Å². The molecule has 1 aromatic heterocycles. The lowest BCUT2D eigenvalue weighted by Gasteiger charge is -2.33. The number of amides is 2. The minimum atomic E-state index is -0.451. The number of hydrazone groups is 1. The van der Waals surface area contributed by atoms with Crippen LogP contribution in [0.1, 0.15) is 54.6 Å². The molecule has 0 aliphatic carbocycles. The zero-order chi connectivity index (χ0) is 27.5. The van der Waals surface area contributed by atoms with E-state index in [-0.39, 0.29) is 23.5 Å². The van der Waals surface area contributed by atoms with Crippen LogP contribution < -0.4 is 10.7 Å². The van der Waals surface area contributed by atoms with Crippen LogP contribution >= 0.6 is 0 Å². The highest BCUT2D eigenvalue weighted by Gasteiger charge is 2.26. The monoisotopic (exact) mass is 531 g/mol. The molecule has 4 rings (SSSR count). The van der Waals surface area contributed by atoms with Crippen LogP contribution in [0.2, 0.25) is 0 Å². The number of piperidine rings is 1. The quantitative estimate of drug-likeness (QED) is 0.150. The third kappa shape index (κ3) is 8.08. The van der Waals surface area contributed by atoms with Crippen LogP contribution in [0.3, 0.4) is 0 Å². The number of nitrogens with zero attached hydrogens (tertiary/aromatic N) is 3. The van der Waals surface area contributed by atoms with E-state index >= 15 is 0 Å². The zero-order valence-electron chi connectivity index (χ0n) is 21.8. The molecule has 3 aromatic rings. The number of nitrogens with one attached hydrogen (secondary N) is 2. The van der Waals surface area contributed by atoms with Gasteiger partial charge in [-0.05, 0) is 81.6 Å². The maximum Gasteiger partial charge on any atom is 0.269 e. The third-order valence-electron chi connectivity index (χ3n) is 6.72. The van der Waals surface area contributed by atoms with Crippen molar-refractivity contribution in [3.63, 3.8) is 0 Å². The van der Waals surface area contributed by atoms with Gasteiger partial charge in [-0.25, -0.2) is 5.43 Å². The molecule has 0 radical (unpaired) electrons. The second kappa shape index (κ2) is 14.0. The van der Waals surface area contributed by atoms with Gasteiger partial charge in [0.05, 0.1) is 17.2 Å². The number of hydrogen-bond donors (Lipinski definition) is 2. The van der Waals surface area contributed by atoms with Gasteiger partial charge in [0, 0.05) is 29.8 Å². The van der Waals surface area contributed by atoms with Gasteiger partial charge in [-0.3, -0.25) is 24.6 Å². The summed E-state index contributed by atoms with van der Waals surface area (Å²) in [6.45, 7) is 2.31. The molecule has 10 nitrogen and oxygen atoms in total. The van der Waals surface area contributed by atoms with Crippen molar-refractivity contribution in [2.24, 2.45) is 5.10 Å². The number of unbranched alkanes of at least 4 members (excludes halogenated alkanes) is 1. The molecule has 2 amide bonds. The van der Waals surface area contributed by atoms with E-state index in [1.807, 2.05) is 18.2 Å². The van der Waals surface area contributed by atoms with Crippen LogP contribution in [0, 0.1) is 10.1 Å². The van der Waals surface area contributed by atoms with Gasteiger partial charge in [0.2, 0.25) is 0 Å². The largest absolute Gasteiger partial charge is 0.455 e. The zero-order valence-corrected chi connectivity index (χ0v) is 21.8. The van der Waals surface area contributed by atoms with Crippen molar-refractivity contribution in [2.75, 3.05) is 19.6 Å². The predicted octanol–water partition coefficient (Wildman–Crippen LogP) is 4.76. The minimum Gasteiger partial charge on any atom is -0.455 e. The fourth-order valence-corrected chi connectivity index (χ4v) is 4.62. The van der Waals surface area contributed by atoms with Crippen LogP contribution in [0.4, 0.5) is 5.69 Å². The first-order valence-corrected chi connectivity index (χ1v) is 13.3. The van der Waals surface area contributed by atoms with E-state index in [4.69, 9.17) is 4.42 Å². The van der Waals surface area contributed by atoms with Gasteiger partial charge in [-0.15, -0.1) is 0 Å². The maximum atomic E-state index is 13.1. The molecule has 2 heterocycles. The summed E-state index contributed by atoms with van der Waals surface area (Å²) in [5.74, 6) is 0.740. The topological polar surface area (TPSA) is 130 Å². The number of hydrogen-bond acceptors (Lipinski definition) is 7. The average molecular weight is 532 g/mol. The summed E-state index contributed by atoms with van der Waals surface area (Å²) in [5, 5.41) is 17.9. The molecule has 1 saturated heterocycles. The van der Waals surface area contributed by atoms with E-state index in [1.165, 1.54) is 24.8 Å². The van der Waals surface area contributed by atoms with Crippen LogP contribution in [0.25, 0.3) is 11.3 Å². The normalized spacial score (nSPS) is 14.7. The van der Waals surface area contributed by atoms with Crippen molar-refractivity contribution >= 4 is 23.7 Å². The summed E-state index contributed by atoms with van der Waals surface area (Å²) in [7, 11) is 0. The van der Waals surface area contributed by atoms with Crippen molar-refractivity contribution in [3.8, 4) is 11.3 Å². The van der Waals surface area contributed by atoms with Gasteiger partial charge in [-0.2, -0.15) is 5.10 Å². The van der Waals surface area contributed by atoms with E-state index < -0.39 is 4.92 Å². The summed E-state index contributed by atoms with van der Waals surface area (Å²) < 4.78 is 5.76. The first-order valence-electron chi connectivity index (χ1n) is 13.3. The molecule has 1 aliphatic rings. The van der Waals surface area contributed by atoms with E-state index in [9.17, 15) is 19.7 Å². The molecule has 2 N–H and O–H groups in total. The van der Waals surface area contributed by atoms with Gasteiger partial charge in [0.15, 0.2) is 0 Å². The maximum absolute atomic E-state index is 13.1. The fraction of sp³-hybridized carbons (Fsp3) is 0.345. The number of rotatable bonds is 12. The summed E-state index contributed by atoms with van der Waals surface area (Å²) in [6.07, 6.45) is 6.99. The molecule has 1 unspecified atom stereocenters. The molecular weight excluding hydrogens is 498 g/mol. The lowest BCUT2D eigenvalue weighted by Crippen LogP contribution is -2.47. The summed E-state index contributed by atoms with van der Waals surface area (Å²) >= 11 is 0. The SMILES string of the molecule is O=C(NCCCCC(C(=O)N/N=C/c1ccc(-c2ccc([N+](=O)[O-])cc2)o1)N1CCCCC1)c1ccccc1. The Balaban J connectivity index is 1.28. The molecule has 39 heavy (non-hydrogen) atoms. The van der Waals surface area contributed by atoms with E-state index in [2.05, 4.69) is 20.7 Å². The Labute approximate surface area is 227 Å². The van der Waals surface area contributed by atoms with Crippen molar-refractivity contribution in [2.45, 2.75) is 44.6 Å². The second-order valence-corrected chi connectivity index (χ2v) is 9.47. The Morgan fingerprint density at radius 2 is 1.74 bits per heavy atom. The smallest absolute Gasteiger partial charge is 0.269 e. The summed E-state index contributed by atoms with van der Waals surface area (Å²) in [4.78, 5) is 37.9. The number of furan rings is 1. The highest BCUT2D eigenvalue weighted by molar-refractivity contribution is 5.94. The Hall–Kier alpha value is -4.31. The first kappa shape index (κ1) is 27.7. The Morgan fingerprint density at radius 3 is 2.46 bits per heavy atom. The molecule has 2 aromatic carbocycles. The van der Waals surface area contributed by atoms with Gasteiger partial charge in [-0.1, -0.05) is 24.6 Å². The van der Waals surface area contributed by atoms with E-state index in [1.54, 1.807) is 36.4 Å². The first-order chi connectivity index (χ1) is 19.0. The summed E-state index contributed by atoms with van der Waals surface area (Å²) in [6, 6.07) is 18.4. The van der Waals surface area contributed by atoms with Crippen molar-refractivity contribution in [1.82, 2.24) is 15.6 Å². The van der Waals surface area contributed by atoms with Crippen molar-refractivity contribution in [1.29, 1.82) is 0 Å². The minimum absolute atomic E-state index is 0.00926. The number of carbonyl (C=O) groups is 2. The van der Waals surface area contributed by atoms with Crippen LogP contribution in [0.15, 0.2) is 76.2 Å². The number of carbonyl (C=O) groups excluding carboxylic acids is 2. The molecule has 0 saturated carbocycles. The third-order valence-corrected chi connectivity index (χ3v) is 6.72. The van der Waals surface area contributed by atoms with Gasteiger partial charge in [0.25, 0.3) is 17.5 Å². The van der Waals surface area contributed by atoms with Crippen molar-refractivity contribution in [3.05, 3.63) is 88.2 Å². The Kier molecular flexibility index (Phi) is 9.96. The highest BCUT2D eigenvalue weighted by Crippen LogP contribution is 2.24. The number of nitro groups is 1. The molecule has 10 heteroatoms. The fourth-order valence-electron chi connectivity index (χ4n) is 4.62. The molecule has 1 atom stereocenters. The molecule has 0 spiro atoms. The highest BCUT2D eigenvalue weighted by atomic mass is 16.6. The lowest BCUT2D eigenvalue weighted by atomic mass is 10.0. The molecule has 204 valence electrons. The Morgan fingerprint density at radius 1 is 1.00 bits per heavy atom. The number of nitro benzene ring substituents is 1. The van der Waals surface area contributed by atoms with Gasteiger partial charge in [0.1, 0.15) is 11.5 Å². The Bertz CT molecular complexity index is 1270. The average Bonchev–Trinajstić information content (AvgIpc) is 3.44. The molecule has 0 bridgehead atoms. The molecular formula is C29H33N5O5. The predicted molar refractivity (Wildman–Crippen MR) is 148 cm³/mol. The van der Waals surface area contributed by atoms with Gasteiger partial charge < -0.3 is 9.73 Å². The molecule has 1 fully saturated rings. The standard InChI is InChI=1S/C29H33N5O5/c35-28(23-9-3-1-4-10-23)30-18-6-5-11-26(33-19-7-2-8-20-33)29(36)32-31-21-25-16-17-27(39-25)22-12-14-24(15-13-22)34(37)38/h1,3-4,9-10,12-17,21,26H,2,5-8,11,18-20H2,(H,30,35)(H,32,36)/b31-21+.